The molecule has 0 amide bonds. The summed E-state index contributed by atoms with van der Waals surface area (Å²) in [6.07, 6.45) is 2.94. The predicted octanol–water partition coefficient (Wildman–Crippen LogP) is 5.21. The maximum absolute atomic E-state index is 13.9. The Kier molecular flexibility index (Phi) is 8.72. The smallest absolute Gasteiger partial charge is 0.242 e. The lowest BCUT2D eigenvalue weighted by atomic mass is 9.88. The number of fused-ring (bicyclic) bond motifs is 1. The minimum Gasteiger partial charge on any atom is -0.390 e. The Morgan fingerprint density at radius 1 is 1.05 bits per heavy atom. The van der Waals surface area contributed by atoms with E-state index in [1.54, 1.807) is 24.3 Å². The largest absolute Gasteiger partial charge is 0.390 e. The van der Waals surface area contributed by atoms with Crippen LogP contribution in [0.5, 0.6) is 0 Å². The predicted molar refractivity (Wildman–Crippen MR) is 151 cm³/mol. The van der Waals surface area contributed by atoms with Gasteiger partial charge in [-0.25, -0.2) is 12.8 Å². The maximum Gasteiger partial charge on any atom is 0.242 e. The molecular formula is C31H39FN2O3S. The number of benzene rings is 3. The minimum absolute atomic E-state index is 0.0370. The van der Waals surface area contributed by atoms with Crippen LogP contribution in [0.1, 0.15) is 43.9 Å². The lowest BCUT2D eigenvalue weighted by Gasteiger charge is -2.31. The fourth-order valence-electron chi connectivity index (χ4n) is 5.57. The van der Waals surface area contributed by atoms with Crippen molar-refractivity contribution in [2.75, 3.05) is 20.1 Å². The van der Waals surface area contributed by atoms with Crippen LogP contribution in [-0.4, -0.2) is 49.6 Å². The summed E-state index contributed by atoms with van der Waals surface area (Å²) in [4.78, 5) is 0.116. The molecule has 0 radical (unpaired) electrons. The Morgan fingerprint density at radius 2 is 1.74 bits per heavy atom. The van der Waals surface area contributed by atoms with Crippen molar-refractivity contribution in [2.24, 2.45) is 5.92 Å². The number of nitrogens with one attached hydrogen (secondary N) is 1. The van der Waals surface area contributed by atoms with E-state index >= 15 is 0 Å². The van der Waals surface area contributed by atoms with E-state index in [1.165, 1.54) is 40.7 Å². The fourth-order valence-corrected chi connectivity index (χ4v) is 6.83. The molecule has 0 saturated heterocycles. The zero-order valence-corrected chi connectivity index (χ0v) is 23.6. The van der Waals surface area contributed by atoms with E-state index in [0.717, 1.165) is 24.8 Å². The number of hydrogen-bond acceptors (Lipinski definition) is 4. The van der Waals surface area contributed by atoms with Crippen molar-refractivity contribution >= 4 is 10.0 Å². The Labute approximate surface area is 226 Å². The second-order valence-corrected chi connectivity index (χ2v) is 13.2. The van der Waals surface area contributed by atoms with E-state index in [1.807, 2.05) is 6.92 Å². The van der Waals surface area contributed by atoms with Crippen LogP contribution in [0.2, 0.25) is 0 Å². The first kappa shape index (κ1) is 28.4. The number of aliphatic hydroxyl groups is 1. The van der Waals surface area contributed by atoms with Gasteiger partial charge in [-0.3, -0.25) is 0 Å². The Bertz CT molecular complexity index is 1350. The van der Waals surface area contributed by atoms with Gasteiger partial charge in [-0.15, -0.1) is 0 Å². The van der Waals surface area contributed by atoms with Crippen LogP contribution < -0.4 is 5.32 Å². The summed E-state index contributed by atoms with van der Waals surface area (Å²) in [5.41, 5.74) is 4.93. The fraction of sp³-hybridized carbons (Fsp3) is 0.419. The summed E-state index contributed by atoms with van der Waals surface area (Å²) < 4.78 is 41.8. The van der Waals surface area contributed by atoms with Gasteiger partial charge in [0.2, 0.25) is 10.0 Å². The van der Waals surface area contributed by atoms with Crippen LogP contribution in [0.25, 0.3) is 11.1 Å². The standard InChI is InChI=1S/C31H39FN2O3S/c1-5-23-13-14-27(32)18-30(23)26-11-8-12-29(17-26)38(36,37)34(4)21-28(35)20-33-31(2,3)19-22-15-24-9-6-7-10-25(24)16-22/h6-14,17-18,22,28,33,35H,5,15-16,19-21H2,1-4H3. The van der Waals surface area contributed by atoms with Crippen molar-refractivity contribution < 1.29 is 17.9 Å². The van der Waals surface area contributed by atoms with Gasteiger partial charge in [-0.05, 0) is 97.5 Å². The lowest BCUT2D eigenvalue weighted by Crippen LogP contribution is -2.47. The molecule has 2 N–H and O–H groups in total. The molecule has 1 aliphatic rings. The van der Waals surface area contributed by atoms with Gasteiger partial charge in [0.1, 0.15) is 5.82 Å². The zero-order valence-electron chi connectivity index (χ0n) is 22.7. The summed E-state index contributed by atoms with van der Waals surface area (Å²) in [6, 6.07) is 19.7. The van der Waals surface area contributed by atoms with Gasteiger partial charge in [0.15, 0.2) is 0 Å². The summed E-state index contributed by atoms with van der Waals surface area (Å²) in [7, 11) is -2.37. The number of sulfonamides is 1. The third kappa shape index (κ3) is 6.70. The third-order valence-electron chi connectivity index (χ3n) is 7.52. The first-order chi connectivity index (χ1) is 18.0. The Balaban J connectivity index is 1.36. The summed E-state index contributed by atoms with van der Waals surface area (Å²) in [5.74, 6) is 0.187. The molecule has 1 unspecified atom stereocenters. The highest BCUT2D eigenvalue weighted by Gasteiger charge is 2.29. The Morgan fingerprint density at radius 3 is 2.39 bits per heavy atom. The van der Waals surface area contributed by atoms with E-state index in [-0.39, 0.29) is 29.3 Å². The Hall–Kier alpha value is -2.58. The zero-order chi connectivity index (χ0) is 27.5. The van der Waals surface area contributed by atoms with Crippen LogP contribution in [0.3, 0.4) is 0 Å². The quantitative estimate of drug-likeness (QED) is 0.352. The van der Waals surface area contributed by atoms with E-state index in [0.29, 0.717) is 23.5 Å². The molecule has 1 aliphatic carbocycles. The van der Waals surface area contributed by atoms with Gasteiger partial charge in [0.25, 0.3) is 0 Å². The van der Waals surface area contributed by atoms with Gasteiger partial charge in [0, 0.05) is 25.7 Å². The first-order valence-corrected chi connectivity index (χ1v) is 14.8. The van der Waals surface area contributed by atoms with E-state index < -0.39 is 16.1 Å². The number of aryl methyl sites for hydroxylation is 1. The topological polar surface area (TPSA) is 69.6 Å². The van der Waals surface area contributed by atoms with Gasteiger partial charge < -0.3 is 10.4 Å². The second kappa shape index (κ2) is 11.7. The van der Waals surface area contributed by atoms with Crippen molar-refractivity contribution in [3.8, 4) is 11.1 Å². The maximum atomic E-state index is 13.9. The molecule has 0 fully saturated rings. The molecule has 0 saturated carbocycles. The molecule has 0 aliphatic heterocycles. The number of rotatable bonds is 11. The number of likely N-dealkylation sites (N-methyl/N-ethyl adjacent to an activating group) is 1. The molecule has 3 aromatic carbocycles. The van der Waals surface area contributed by atoms with Gasteiger partial charge in [-0.2, -0.15) is 4.31 Å². The second-order valence-electron chi connectivity index (χ2n) is 11.1. The average Bonchev–Trinajstić information content (AvgIpc) is 3.29. The molecule has 204 valence electrons. The molecule has 7 heteroatoms. The van der Waals surface area contributed by atoms with Crippen molar-refractivity contribution in [1.82, 2.24) is 9.62 Å². The van der Waals surface area contributed by atoms with E-state index in [4.69, 9.17) is 0 Å². The summed E-state index contributed by atoms with van der Waals surface area (Å²) in [5, 5.41) is 14.2. The molecule has 0 heterocycles. The SMILES string of the molecule is CCc1ccc(F)cc1-c1cccc(S(=O)(=O)N(C)CC(O)CNC(C)(C)CC2Cc3ccccc3C2)c1. The molecule has 1 atom stereocenters. The molecule has 0 aromatic heterocycles. The average molecular weight is 539 g/mol. The number of aliphatic hydroxyl groups excluding tert-OH is 1. The normalized spacial score (nSPS) is 15.1. The van der Waals surface area contributed by atoms with E-state index in [2.05, 4.69) is 43.4 Å². The highest BCUT2D eigenvalue weighted by Crippen LogP contribution is 2.32. The van der Waals surface area contributed by atoms with Crippen LogP contribution in [0, 0.1) is 11.7 Å². The monoisotopic (exact) mass is 538 g/mol. The summed E-state index contributed by atoms with van der Waals surface area (Å²) >= 11 is 0. The van der Waals surface area contributed by atoms with Gasteiger partial charge in [0.05, 0.1) is 11.0 Å². The highest BCUT2D eigenvalue weighted by atomic mass is 32.2. The van der Waals surface area contributed by atoms with Gasteiger partial charge in [-0.1, -0.05) is 49.4 Å². The molecule has 0 bridgehead atoms. The van der Waals surface area contributed by atoms with E-state index in [9.17, 15) is 17.9 Å². The van der Waals surface area contributed by atoms with Crippen LogP contribution in [0.4, 0.5) is 4.39 Å². The van der Waals surface area contributed by atoms with Crippen LogP contribution in [-0.2, 0) is 29.3 Å². The molecule has 5 nitrogen and oxygen atoms in total. The number of halogens is 1. The van der Waals surface area contributed by atoms with Crippen LogP contribution >= 0.6 is 0 Å². The number of nitrogens with zero attached hydrogens (tertiary/aromatic N) is 1. The number of β-amino-alcohol motifs (C(OH)–C–C–N with tert-alkyl or cyclic N) is 1. The van der Waals surface area contributed by atoms with Crippen molar-refractivity contribution in [3.05, 3.63) is 89.2 Å². The van der Waals surface area contributed by atoms with Crippen molar-refractivity contribution in [3.63, 3.8) is 0 Å². The van der Waals surface area contributed by atoms with Crippen LogP contribution in [0.15, 0.2) is 71.6 Å². The van der Waals surface area contributed by atoms with Crippen molar-refractivity contribution in [1.29, 1.82) is 0 Å². The molecule has 0 spiro atoms. The van der Waals surface area contributed by atoms with Gasteiger partial charge >= 0.3 is 0 Å². The lowest BCUT2D eigenvalue weighted by molar-refractivity contribution is 0.135. The molecular weight excluding hydrogens is 499 g/mol. The first-order valence-electron chi connectivity index (χ1n) is 13.3. The number of hydrogen-bond donors (Lipinski definition) is 2. The molecule has 4 rings (SSSR count). The molecule has 38 heavy (non-hydrogen) atoms. The molecule has 3 aromatic rings. The van der Waals surface area contributed by atoms with Crippen molar-refractivity contribution in [2.45, 2.75) is 63.0 Å². The summed E-state index contributed by atoms with van der Waals surface area (Å²) in [6.45, 7) is 6.49. The highest BCUT2D eigenvalue weighted by molar-refractivity contribution is 7.89. The minimum atomic E-state index is -3.85. The third-order valence-corrected chi connectivity index (χ3v) is 9.34.